The Balaban J connectivity index is 2.02. The molecule has 2 atom stereocenters. The van der Waals surface area contributed by atoms with Crippen molar-refractivity contribution in [2.75, 3.05) is 6.61 Å². The van der Waals surface area contributed by atoms with Crippen molar-refractivity contribution >= 4 is 5.91 Å². The van der Waals surface area contributed by atoms with Gasteiger partial charge in [0.05, 0.1) is 6.61 Å². The lowest BCUT2D eigenvalue weighted by Gasteiger charge is -2.13. The van der Waals surface area contributed by atoms with Gasteiger partial charge in [-0.05, 0) is 55.9 Å². The Bertz CT molecular complexity index is 568. The molecule has 0 saturated heterocycles. The highest BCUT2D eigenvalue weighted by Gasteiger charge is 2.23. The maximum Gasteiger partial charge on any atom is 0.251 e. The van der Waals surface area contributed by atoms with E-state index in [4.69, 9.17) is 5.11 Å². The summed E-state index contributed by atoms with van der Waals surface area (Å²) in [6.07, 6.45) is 3.83. The minimum Gasteiger partial charge on any atom is -0.395 e. The van der Waals surface area contributed by atoms with Crippen LogP contribution in [0.3, 0.4) is 0 Å². The smallest absolute Gasteiger partial charge is 0.251 e. The Morgan fingerprint density at radius 2 is 2.24 bits per heavy atom. The van der Waals surface area contributed by atoms with E-state index in [1.807, 2.05) is 25.1 Å². The minimum absolute atomic E-state index is 0.00654. The highest BCUT2D eigenvalue weighted by atomic mass is 16.2. The first-order valence-corrected chi connectivity index (χ1v) is 7.61. The first-order valence-electron chi connectivity index (χ1n) is 7.61. The molecule has 2 N–H and O–H groups in total. The van der Waals surface area contributed by atoms with E-state index >= 15 is 0 Å². The third-order valence-electron chi connectivity index (χ3n) is 3.98. The average Bonchev–Trinajstić information content (AvgIpc) is 2.86. The highest BCUT2D eigenvalue weighted by Crippen LogP contribution is 2.24. The number of nitrogens with one attached hydrogen (secondary N) is 1. The van der Waals surface area contributed by atoms with E-state index in [9.17, 15) is 4.79 Å². The second-order valence-electron chi connectivity index (χ2n) is 5.89. The molecule has 112 valence electrons. The molecule has 2 rings (SSSR count). The van der Waals surface area contributed by atoms with Crippen LogP contribution in [0.15, 0.2) is 18.2 Å². The quantitative estimate of drug-likeness (QED) is 0.839. The van der Waals surface area contributed by atoms with Gasteiger partial charge in [0.15, 0.2) is 0 Å². The molecule has 0 radical (unpaired) electrons. The molecule has 3 nitrogen and oxygen atoms in total. The van der Waals surface area contributed by atoms with Crippen molar-refractivity contribution in [1.82, 2.24) is 5.32 Å². The van der Waals surface area contributed by atoms with E-state index in [1.54, 1.807) is 0 Å². The van der Waals surface area contributed by atoms with Crippen molar-refractivity contribution in [3.05, 3.63) is 34.9 Å². The molecule has 1 fully saturated rings. The first-order chi connectivity index (χ1) is 10.1. The summed E-state index contributed by atoms with van der Waals surface area (Å²) in [6, 6.07) is 5.91. The SMILES string of the molecule is Cc1cc(C(=O)NC2CCC(C)C2)ccc1C#CCCO. The number of hydrogen-bond acceptors (Lipinski definition) is 2. The number of carbonyl (C=O) groups is 1. The molecule has 1 saturated carbocycles. The Morgan fingerprint density at radius 1 is 1.43 bits per heavy atom. The Kier molecular flexibility index (Phi) is 5.41. The summed E-state index contributed by atoms with van der Waals surface area (Å²) in [5.74, 6) is 6.64. The number of aliphatic hydroxyl groups is 1. The minimum atomic E-state index is 0.00654. The number of hydrogen-bond donors (Lipinski definition) is 2. The van der Waals surface area contributed by atoms with E-state index < -0.39 is 0 Å². The molecular weight excluding hydrogens is 262 g/mol. The van der Waals surface area contributed by atoms with E-state index in [0.29, 0.717) is 23.9 Å². The molecule has 0 heterocycles. The van der Waals surface area contributed by atoms with Gasteiger partial charge in [-0.1, -0.05) is 18.8 Å². The normalized spacial score (nSPS) is 20.7. The number of amides is 1. The standard InChI is InChI=1S/C18H23NO2/c1-13-6-9-17(11-13)19-18(21)16-8-7-15(14(2)12-16)5-3-4-10-20/h7-8,12-13,17,20H,4,6,9-11H2,1-2H3,(H,19,21). The second kappa shape index (κ2) is 7.28. The topological polar surface area (TPSA) is 49.3 Å². The zero-order chi connectivity index (χ0) is 15.2. The van der Waals surface area contributed by atoms with E-state index in [-0.39, 0.29) is 12.5 Å². The molecule has 1 aliphatic carbocycles. The van der Waals surface area contributed by atoms with Gasteiger partial charge in [0.2, 0.25) is 0 Å². The summed E-state index contributed by atoms with van der Waals surface area (Å²) in [7, 11) is 0. The first kappa shape index (κ1) is 15.6. The predicted molar refractivity (Wildman–Crippen MR) is 84.0 cm³/mol. The van der Waals surface area contributed by atoms with Gasteiger partial charge in [-0.15, -0.1) is 0 Å². The lowest BCUT2D eigenvalue weighted by Crippen LogP contribution is -2.32. The molecule has 1 aromatic carbocycles. The van der Waals surface area contributed by atoms with Crippen LogP contribution < -0.4 is 5.32 Å². The highest BCUT2D eigenvalue weighted by molar-refractivity contribution is 5.94. The third-order valence-corrected chi connectivity index (χ3v) is 3.98. The van der Waals surface area contributed by atoms with Gasteiger partial charge in [0, 0.05) is 23.6 Å². The van der Waals surface area contributed by atoms with Crippen LogP contribution in [0, 0.1) is 24.7 Å². The van der Waals surface area contributed by atoms with Gasteiger partial charge in [-0.2, -0.15) is 0 Å². The third kappa shape index (κ3) is 4.34. The molecule has 1 aromatic rings. The van der Waals surface area contributed by atoms with Crippen LogP contribution in [0.1, 0.15) is 54.1 Å². The molecule has 0 aromatic heterocycles. The molecule has 2 unspecified atom stereocenters. The zero-order valence-corrected chi connectivity index (χ0v) is 12.8. The fourth-order valence-corrected chi connectivity index (χ4v) is 2.77. The van der Waals surface area contributed by atoms with Crippen molar-refractivity contribution in [2.24, 2.45) is 5.92 Å². The average molecular weight is 285 g/mol. The zero-order valence-electron chi connectivity index (χ0n) is 12.8. The molecular formula is C18H23NO2. The van der Waals surface area contributed by atoms with Crippen molar-refractivity contribution < 1.29 is 9.90 Å². The van der Waals surface area contributed by atoms with Gasteiger partial charge < -0.3 is 10.4 Å². The fourth-order valence-electron chi connectivity index (χ4n) is 2.77. The number of carbonyl (C=O) groups excluding carboxylic acids is 1. The predicted octanol–water partition coefficient (Wildman–Crippen LogP) is 2.65. The van der Waals surface area contributed by atoms with Gasteiger partial charge in [-0.25, -0.2) is 0 Å². The van der Waals surface area contributed by atoms with Crippen molar-refractivity contribution in [3.8, 4) is 11.8 Å². The van der Waals surface area contributed by atoms with Crippen LogP contribution >= 0.6 is 0 Å². The van der Waals surface area contributed by atoms with Crippen molar-refractivity contribution in [1.29, 1.82) is 0 Å². The van der Waals surface area contributed by atoms with Gasteiger partial charge in [-0.3, -0.25) is 4.79 Å². The van der Waals surface area contributed by atoms with Crippen molar-refractivity contribution in [3.63, 3.8) is 0 Å². The molecule has 0 aliphatic heterocycles. The number of benzene rings is 1. The largest absolute Gasteiger partial charge is 0.395 e. The van der Waals surface area contributed by atoms with Gasteiger partial charge in [0.25, 0.3) is 5.91 Å². The monoisotopic (exact) mass is 285 g/mol. The molecule has 1 aliphatic rings. The Labute approximate surface area is 126 Å². The lowest BCUT2D eigenvalue weighted by atomic mass is 10.0. The lowest BCUT2D eigenvalue weighted by molar-refractivity contribution is 0.0937. The summed E-state index contributed by atoms with van der Waals surface area (Å²) in [5.41, 5.74) is 2.60. The van der Waals surface area contributed by atoms with Gasteiger partial charge >= 0.3 is 0 Å². The summed E-state index contributed by atoms with van der Waals surface area (Å²) in [6.45, 7) is 4.26. The van der Waals surface area contributed by atoms with Crippen molar-refractivity contribution in [2.45, 2.75) is 45.6 Å². The molecule has 21 heavy (non-hydrogen) atoms. The maximum atomic E-state index is 12.3. The summed E-state index contributed by atoms with van der Waals surface area (Å²) >= 11 is 0. The number of aryl methyl sites for hydroxylation is 1. The van der Waals surface area contributed by atoms with Crippen LogP contribution in [0.4, 0.5) is 0 Å². The summed E-state index contributed by atoms with van der Waals surface area (Å²) in [5, 5.41) is 11.8. The Hall–Kier alpha value is -1.79. The number of rotatable bonds is 3. The fraction of sp³-hybridized carbons (Fsp3) is 0.500. The molecule has 0 bridgehead atoms. The van der Waals surface area contributed by atoms with Crippen LogP contribution in [0.5, 0.6) is 0 Å². The van der Waals surface area contributed by atoms with E-state index in [1.165, 1.54) is 6.42 Å². The van der Waals surface area contributed by atoms with Crippen LogP contribution in [0.2, 0.25) is 0 Å². The second-order valence-corrected chi connectivity index (χ2v) is 5.89. The maximum absolute atomic E-state index is 12.3. The Morgan fingerprint density at radius 3 is 2.86 bits per heavy atom. The summed E-state index contributed by atoms with van der Waals surface area (Å²) < 4.78 is 0. The van der Waals surface area contributed by atoms with Crippen LogP contribution in [-0.2, 0) is 0 Å². The van der Waals surface area contributed by atoms with E-state index in [2.05, 4.69) is 24.1 Å². The molecule has 3 heteroatoms. The number of aliphatic hydroxyl groups excluding tert-OH is 1. The van der Waals surface area contributed by atoms with Crippen LogP contribution in [-0.4, -0.2) is 23.7 Å². The molecule has 0 spiro atoms. The van der Waals surface area contributed by atoms with Crippen LogP contribution in [0.25, 0.3) is 0 Å². The molecule has 1 amide bonds. The van der Waals surface area contributed by atoms with E-state index in [0.717, 1.165) is 24.0 Å². The summed E-state index contributed by atoms with van der Waals surface area (Å²) in [4.78, 5) is 12.3. The van der Waals surface area contributed by atoms with Gasteiger partial charge in [0.1, 0.15) is 0 Å².